The molecule has 5 heteroatoms. The van der Waals surface area contributed by atoms with Crippen molar-refractivity contribution in [2.75, 3.05) is 13.7 Å². The van der Waals surface area contributed by atoms with Crippen molar-refractivity contribution < 1.29 is 9.53 Å². The highest BCUT2D eigenvalue weighted by Crippen LogP contribution is 2.37. The van der Waals surface area contributed by atoms with E-state index in [1.54, 1.807) is 19.4 Å². The van der Waals surface area contributed by atoms with Crippen LogP contribution in [0.25, 0.3) is 10.9 Å². The molecule has 1 saturated carbocycles. The van der Waals surface area contributed by atoms with Gasteiger partial charge < -0.3 is 15.4 Å². The van der Waals surface area contributed by atoms with Crippen LogP contribution in [0.4, 0.5) is 0 Å². The Morgan fingerprint density at radius 3 is 2.96 bits per heavy atom. The van der Waals surface area contributed by atoms with Crippen molar-refractivity contribution >= 4 is 16.8 Å². The lowest BCUT2D eigenvalue weighted by Gasteiger charge is -2.32. The highest BCUT2D eigenvalue weighted by Gasteiger charge is 2.45. The molecule has 5 nitrogen and oxygen atoms in total. The van der Waals surface area contributed by atoms with E-state index in [0.29, 0.717) is 5.56 Å². The first kappa shape index (κ1) is 15.4. The van der Waals surface area contributed by atoms with Gasteiger partial charge in [0, 0.05) is 29.2 Å². The van der Waals surface area contributed by atoms with Gasteiger partial charge in [0.2, 0.25) is 0 Å². The molecule has 24 heavy (non-hydrogen) atoms. The average molecular weight is 325 g/mol. The van der Waals surface area contributed by atoms with E-state index in [1.807, 2.05) is 18.2 Å². The lowest BCUT2D eigenvalue weighted by molar-refractivity contribution is 0.0920. The maximum Gasteiger partial charge on any atom is 0.252 e. The Hall–Kier alpha value is -2.14. The quantitative estimate of drug-likeness (QED) is 0.911. The van der Waals surface area contributed by atoms with Crippen molar-refractivity contribution in [2.24, 2.45) is 0 Å². The number of hydrogen-bond donors (Lipinski definition) is 2. The number of methoxy groups -OCH3 is 1. The maximum atomic E-state index is 12.9. The number of rotatable bonds is 3. The Bertz CT molecular complexity index is 763. The molecule has 1 aliphatic carbocycles. The van der Waals surface area contributed by atoms with Crippen LogP contribution in [0.2, 0.25) is 0 Å². The average Bonchev–Trinajstić information content (AvgIpc) is 3.24. The lowest BCUT2D eigenvalue weighted by atomic mass is 9.90. The molecule has 2 aliphatic rings. The minimum absolute atomic E-state index is 0.00691. The molecule has 0 radical (unpaired) electrons. The number of amides is 1. The van der Waals surface area contributed by atoms with Crippen molar-refractivity contribution in [1.82, 2.24) is 15.6 Å². The predicted octanol–water partition coefficient (Wildman–Crippen LogP) is 2.65. The molecule has 1 unspecified atom stereocenters. The van der Waals surface area contributed by atoms with Gasteiger partial charge in [-0.15, -0.1) is 0 Å². The minimum atomic E-state index is -0.00691. The first-order valence-corrected chi connectivity index (χ1v) is 8.70. The molecule has 126 valence electrons. The van der Waals surface area contributed by atoms with Crippen molar-refractivity contribution in [1.29, 1.82) is 0 Å². The Labute approximate surface area is 141 Å². The summed E-state index contributed by atoms with van der Waals surface area (Å²) in [5.41, 5.74) is 1.58. The standard InChI is InChI=1S/C19H23N3O2/c1-24-13-4-5-14-15(6-10-20-16(14)12-13)18(23)22-17-7-11-21-19(17)8-2-3-9-19/h4-6,10,12,17,21H,2-3,7-9,11H2,1H3,(H,22,23). The molecule has 1 aliphatic heterocycles. The Balaban J connectivity index is 1.61. The van der Waals surface area contributed by atoms with Crippen LogP contribution in [0.3, 0.4) is 0 Å². The molecule has 2 fully saturated rings. The molecule has 2 N–H and O–H groups in total. The van der Waals surface area contributed by atoms with Gasteiger partial charge in [0.1, 0.15) is 5.75 Å². The third-order valence-electron chi connectivity index (χ3n) is 5.57. The molecule has 2 heterocycles. The van der Waals surface area contributed by atoms with Gasteiger partial charge in [-0.05, 0) is 44.0 Å². The lowest BCUT2D eigenvalue weighted by Crippen LogP contribution is -2.53. The van der Waals surface area contributed by atoms with E-state index in [-0.39, 0.29) is 17.5 Å². The predicted molar refractivity (Wildman–Crippen MR) is 93.4 cm³/mol. The van der Waals surface area contributed by atoms with E-state index >= 15 is 0 Å². The second-order valence-electron chi connectivity index (χ2n) is 6.85. The van der Waals surface area contributed by atoms with Crippen molar-refractivity contribution in [2.45, 2.75) is 43.7 Å². The van der Waals surface area contributed by atoms with E-state index in [1.165, 1.54) is 12.8 Å². The minimum Gasteiger partial charge on any atom is -0.497 e. The van der Waals surface area contributed by atoms with Crippen LogP contribution in [0.1, 0.15) is 42.5 Å². The second kappa shape index (κ2) is 6.06. The fourth-order valence-electron chi connectivity index (χ4n) is 4.30. The van der Waals surface area contributed by atoms with Crippen LogP contribution in [0, 0.1) is 0 Å². The molecule has 1 spiro atoms. The molecule has 1 saturated heterocycles. The number of nitrogens with zero attached hydrogens (tertiary/aromatic N) is 1. The molecule has 2 aromatic rings. The van der Waals surface area contributed by atoms with E-state index in [0.717, 1.165) is 42.5 Å². The van der Waals surface area contributed by atoms with E-state index in [2.05, 4.69) is 15.6 Å². The number of pyridine rings is 1. The number of carbonyl (C=O) groups excluding carboxylic acids is 1. The van der Waals surface area contributed by atoms with Gasteiger partial charge in [0.25, 0.3) is 5.91 Å². The van der Waals surface area contributed by atoms with Gasteiger partial charge in [-0.3, -0.25) is 9.78 Å². The Morgan fingerprint density at radius 2 is 2.17 bits per heavy atom. The molecule has 1 atom stereocenters. The van der Waals surface area contributed by atoms with Crippen LogP contribution >= 0.6 is 0 Å². The van der Waals surface area contributed by atoms with Gasteiger partial charge in [-0.2, -0.15) is 0 Å². The molecule has 4 rings (SSSR count). The summed E-state index contributed by atoms with van der Waals surface area (Å²) < 4.78 is 5.24. The highest BCUT2D eigenvalue weighted by atomic mass is 16.5. The monoisotopic (exact) mass is 325 g/mol. The zero-order valence-corrected chi connectivity index (χ0v) is 14.0. The van der Waals surface area contributed by atoms with Crippen molar-refractivity contribution in [3.8, 4) is 5.75 Å². The van der Waals surface area contributed by atoms with Crippen LogP contribution in [0.15, 0.2) is 30.5 Å². The molecule has 1 aromatic carbocycles. The molecule has 0 bridgehead atoms. The summed E-state index contributed by atoms with van der Waals surface area (Å²) in [5.74, 6) is 0.741. The van der Waals surface area contributed by atoms with Crippen molar-refractivity contribution in [3.05, 3.63) is 36.0 Å². The Kier molecular flexibility index (Phi) is 3.88. The van der Waals surface area contributed by atoms with Crippen molar-refractivity contribution in [3.63, 3.8) is 0 Å². The summed E-state index contributed by atoms with van der Waals surface area (Å²) in [5, 5.41) is 7.80. The number of ether oxygens (including phenoxy) is 1. The number of fused-ring (bicyclic) bond motifs is 1. The second-order valence-corrected chi connectivity index (χ2v) is 6.85. The molecule has 1 aromatic heterocycles. The number of hydrogen-bond acceptors (Lipinski definition) is 4. The fraction of sp³-hybridized carbons (Fsp3) is 0.474. The SMILES string of the molecule is COc1ccc2c(C(=O)NC3CCNC34CCCC4)ccnc2c1. The van der Waals surface area contributed by atoms with E-state index in [9.17, 15) is 4.79 Å². The molecule has 1 amide bonds. The maximum absolute atomic E-state index is 12.9. The smallest absolute Gasteiger partial charge is 0.252 e. The summed E-state index contributed by atoms with van der Waals surface area (Å²) in [6, 6.07) is 7.66. The highest BCUT2D eigenvalue weighted by molar-refractivity contribution is 6.06. The fourth-order valence-corrected chi connectivity index (χ4v) is 4.30. The molecular formula is C19H23N3O2. The van der Waals surface area contributed by atoms with Gasteiger partial charge in [-0.25, -0.2) is 0 Å². The molecular weight excluding hydrogens is 302 g/mol. The van der Waals surface area contributed by atoms with Gasteiger partial charge in [0.05, 0.1) is 18.2 Å². The summed E-state index contributed by atoms with van der Waals surface area (Å²) in [7, 11) is 1.63. The largest absolute Gasteiger partial charge is 0.497 e. The number of benzene rings is 1. The summed E-state index contributed by atoms with van der Waals surface area (Å²) in [6.07, 6.45) is 7.50. The van der Waals surface area contributed by atoms with Crippen LogP contribution in [-0.4, -0.2) is 36.1 Å². The van der Waals surface area contributed by atoms with Crippen LogP contribution < -0.4 is 15.4 Å². The van der Waals surface area contributed by atoms with Crippen LogP contribution in [0.5, 0.6) is 5.75 Å². The van der Waals surface area contributed by atoms with Crippen LogP contribution in [-0.2, 0) is 0 Å². The van der Waals surface area contributed by atoms with E-state index in [4.69, 9.17) is 4.74 Å². The first-order valence-electron chi connectivity index (χ1n) is 8.70. The summed E-state index contributed by atoms with van der Waals surface area (Å²) in [6.45, 7) is 0.985. The first-order chi connectivity index (χ1) is 11.7. The zero-order chi connectivity index (χ0) is 16.6. The van der Waals surface area contributed by atoms with Gasteiger partial charge in [0.15, 0.2) is 0 Å². The summed E-state index contributed by atoms with van der Waals surface area (Å²) >= 11 is 0. The Morgan fingerprint density at radius 1 is 1.33 bits per heavy atom. The number of nitrogens with one attached hydrogen (secondary N) is 2. The normalized spacial score (nSPS) is 22.1. The van der Waals surface area contributed by atoms with Gasteiger partial charge in [-0.1, -0.05) is 12.8 Å². The van der Waals surface area contributed by atoms with Gasteiger partial charge >= 0.3 is 0 Å². The van der Waals surface area contributed by atoms with E-state index < -0.39 is 0 Å². The third-order valence-corrected chi connectivity index (χ3v) is 5.57. The zero-order valence-electron chi connectivity index (χ0n) is 14.0. The summed E-state index contributed by atoms with van der Waals surface area (Å²) in [4.78, 5) is 17.3. The topological polar surface area (TPSA) is 63.2 Å². The third kappa shape index (κ3) is 2.53. The number of aromatic nitrogens is 1. The number of carbonyl (C=O) groups is 1.